The van der Waals surface area contributed by atoms with Crippen LogP contribution in [0.15, 0.2) is 12.3 Å². The molecule has 1 fully saturated rings. The second-order valence-electron chi connectivity index (χ2n) is 5.05. The number of thioether (sulfide) groups is 1. The average molecular weight is 265 g/mol. The molecule has 1 atom stereocenters. The van der Waals surface area contributed by atoms with Crippen molar-refractivity contribution in [3.63, 3.8) is 0 Å². The number of nitrogens with two attached hydrogens (primary N) is 1. The molecule has 0 aromatic carbocycles. The molecule has 4 heteroatoms. The van der Waals surface area contributed by atoms with Gasteiger partial charge in [-0.1, -0.05) is 19.8 Å². The van der Waals surface area contributed by atoms with Gasteiger partial charge in [0, 0.05) is 29.6 Å². The van der Waals surface area contributed by atoms with Crippen molar-refractivity contribution in [2.45, 2.75) is 62.5 Å². The molecule has 18 heavy (non-hydrogen) atoms. The van der Waals surface area contributed by atoms with Crippen LogP contribution in [0, 0.1) is 0 Å². The van der Waals surface area contributed by atoms with E-state index in [2.05, 4.69) is 16.9 Å². The van der Waals surface area contributed by atoms with Gasteiger partial charge in [0.05, 0.1) is 5.75 Å². The quantitative estimate of drug-likeness (QED) is 0.859. The maximum Gasteiger partial charge on any atom is 0.138 e. The van der Waals surface area contributed by atoms with E-state index in [1.807, 2.05) is 24.0 Å². The maximum absolute atomic E-state index is 5.96. The first-order valence-electron chi connectivity index (χ1n) is 6.96. The van der Waals surface area contributed by atoms with E-state index in [-0.39, 0.29) is 6.04 Å². The van der Waals surface area contributed by atoms with Crippen LogP contribution in [0.2, 0.25) is 0 Å². The van der Waals surface area contributed by atoms with E-state index in [1.165, 1.54) is 25.7 Å². The van der Waals surface area contributed by atoms with Crippen molar-refractivity contribution in [2.75, 3.05) is 0 Å². The van der Waals surface area contributed by atoms with E-state index in [0.717, 1.165) is 35.4 Å². The van der Waals surface area contributed by atoms with Gasteiger partial charge < -0.3 is 5.73 Å². The Labute approximate surface area is 114 Å². The van der Waals surface area contributed by atoms with Gasteiger partial charge in [0.1, 0.15) is 5.82 Å². The molecule has 1 saturated carbocycles. The summed E-state index contributed by atoms with van der Waals surface area (Å²) in [5.74, 6) is 1.91. The zero-order chi connectivity index (χ0) is 12.8. The Bertz CT molecular complexity index is 364. The molecule has 0 spiro atoms. The molecule has 3 nitrogen and oxygen atoms in total. The zero-order valence-corrected chi connectivity index (χ0v) is 12.0. The molecule has 0 amide bonds. The molecule has 2 N–H and O–H groups in total. The minimum atomic E-state index is 0.218. The molecule has 0 bridgehead atoms. The van der Waals surface area contributed by atoms with E-state index in [4.69, 9.17) is 5.73 Å². The van der Waals surface area contributed by atoms with Crippen LogP contribution in [0.3, 0.4) is 0 Å². The van der Waals surface area contributed by atoms with Crippen molar-refractivity contribution in [1.29, 1.82) is 0 Å². The van der Waals surface area contributed by atoms with Crippen LogP contribution < -0.4 is 5.73 Å². The highest BCUT2D eigenvalue weighted by atomic mass is 32.2. The summed E-state index contributed by atoms with van der Waals surface area (Å²) in [4.78, 5) is 8.97. The van der Waals surface area contributed by atoms with E-state index in [1.54, 1.807) is 0 Å². The van der Waals surface area contributed by atoms with Crippen molar-refractivity contribution >= 4 is 11.8 Å². The first-order valence-corrected chi connectivity index (χ1v) is 8.00. The second-order valence-corrected chi connectivity index (χ2v) is 6.34. The van der Waals surface area contributed by atoms with Crippen LogP contribution >= 0.6 is 11.8 Å². The van der Waals surface area contributed by atoms with Gasteiger partial charge in [-0.15, -0.1) is 0 Å². The van der Waals surface area contributed by atoms with E-state index < -0.39 is 0 Å². The molecule has 2 rings (SSSR count). The third kappa shape index (κ3) is 4.25. The summed E-state index contributed by atoms with van der Waals surface area (Å²) in [6, 6.07) is 2.20. The SMILES string of the molecule is CCC(N)Cc1ccnc(CSC2CCCC2)n1. The van der Waals surface area contributed by atoms with Crippen LogP contribution in [-0.4, -0.2) is 21.3 Å². The van der Waals surface area contributed by atoms with Gasteiger partial charge in [-0.25, -0.2) is 9.97 Å². The monoisotopic (exact) mass is 265 g/mol. The minimum Gasteiger partial charge on any atom is -0.327 e. The lowest BCUT2D eigenvalue weighted by atomic mass is 10.1. The molecular formula is C14H23N3S. The minimum absolute atomic E-state index is 0.218. The molecule has 1 unspecified atom stereocenters. The van der Waals surface area contributed by atoms with Crippen molar-refractivity contribution in [3.05, 3.63) is 23.8 Å². The third-order valence-electron chi connectivity index (χ3n) is 3.51. The summed E-state index contributed by atoms with van der Waals surface area (Å²) in [5, 5.41) is 0.829. The van der Waals surface area contributed by atoms with Crippen molar-refractivity contribution in [3.8, 4) is 0 Å². The molecule has 1 aliphatic carbocycles. The summed E-state index contributed by atoms with van der Waals surface area (Å²) in [6.07, 6.45) is 9.25. The Hall–Kier alpha value is -0.610. The summed E-state index contributed by atoms with van der Waals surface area (Å²) in [6.45, 7) is 2.11. The predicted molar refractivity (Wildman–Crippen MR) is 77.6 cm³/mol. The standard InChI is InChI=1S/C14H23N3S/c1-2-11(15)9-12-7-8-16-14(17-12)10-18-13-5-3-4-6-13/h7-8,11,13H,2-6,9-10,15H2,1H3. The van der Waals surface area contributed by atoms with Gasteiger partial charge in [-0.2, -0.15) is 11.8 Å². The summed E-state index contributed by atoms with van der Waals surface area (Å²) >= 11 is 2.01. The van der Waals surface area contributed by atoms with E-state index in [0.29, 0.717) is 0 Å². The van der Waals surface area contributed by atoms with Crippen LogP contribution in [0.25, 0.3) is 0 Å². The van der Waals surface area contributed by atoms with Crippen LogP contribution in [0.1, 0.15) is 50.5 Å². The molecular weight excluding hydrogens is 242 g/mol. The van der Waals surface area contributed by atoms with Crippen LogP contribution in [0.4, 0.5) is 0 Å². The smallest absolute Gasteiger partial charge is 0.138 e. The van der Waals surface area contributed by atoms with E-state index in [9.17, 15) is 0 Å². The van der Waals surface area contributed by atoms with E-state index >= 15 is 0 Å². The fraction of sp³-hybridized carbons (Fsp3) is 0.714. The van der Waals surface area contributed by atoms with Gasteiger partial charge in [0.2, 0.25) is 0 Å². The number of hydrogen-bond donors (Lipinski definition) is 1. The lowest BCUT2D eigenvalue weighted by Gasteiger charge is -2.10. The van der Waals surface area contributed by atoms with Crippen molar-refractivity contribution < 1.29 is 0 Å². The molecule has 0 saturated heterocycles. The highest BCUT2D eigenvalue weighted by Crippen LogP contribution is 2.30. The Morgan fingerprint density at radius 2 is 2.22 bits per heavy atom. The third-order valence-corrected chi connectivity index (χ3v) is 4.88. The predicted octanol–water partition coefficient (Wildman–Crippen LogP) is 2.93. The fourth-order valence-corrected chi connectivity index (χ4v) is 3.48. The maximum atomic E-state index is 5.96. The van der Waals surface area contributed by atoms with Gasteiger partial charge in [-0.05, 0) is 25.3 Å². The summed E-state index contributed by atoms with van der Waals surface area (Å²) < 4.78 is 0. The molecule has 0 radical (unpaired) electrons. The second kappa shape index (κ2) is 7.10. The summed E-state index contributed by atoms with van der Waals surface area (Å²) in [7, 11) is 0. The Morgan fingerprint density at radius 3 is 2.94 bits per heavy atom. The normalized spacial score (nSPS) is 18.1. The molecule has 100 valence electrons. The van der Waals surface area contributed by atoms with Crippen LogP contribution in [-0.2, 0) is 12.2 Å². The summed E-state index contributed by atoms with van der Waals surface area (Å²) in [5.41, 5.74) is 7.05. The first kappa shape index (κ1) is 13.8. The van der Waals surface area contributed by atoms with Gasteiger partial charge >= 0.3 is 0 Å². The highest BCUT2D eigenvalue weighted by Gasteiger charge is 2.15. The van der Waals surface area contributed by atoms with Crippen LogP contribution in [0.5, 0.6) is 0 Å². The lowest BCUT2D eigenvalue weighted by Crippen LogP contribution is -2.22. The highest BCUT2D eigenvalue weighted by molar-refractivity contribution is 7.99. The Balaban J connectivity index is 1.86. The number of hydrogen-bond acceptors (Lipinski definition) is 4. The average Bonchev–Trinajstić information content (AvgIpc) is 2.90. The molecule has 1 heterocycles. The van der Waals surface area contributed by atoms with Gasteiger partial charge in [0.25, 0.3) is 0 Å². The molecule has 1 aromatic rings. The fourth-order valence-electron chi connectivity index (χ4n) is 2.28. The van der Waals surface area contributed by atoms with Crippen molar-refractivity contribution in [1.82, 2.24) is 9.97 Å². The number of aromatic nitrogens is 2. The number of nitrogens with zero attached hydrogens (tertiary/aromatic N) is 2. The molecule has 1 aliphatic rings. The molecule has 1 aromatic heterocycles. The first-order chi connectivity index (χ1) is 8.78. The number of rotatable bonds is 6. The van der Waals surface area contributed by atoms with Gasteiger partial charge in [-0.3, -0.25) is 0 Å². The molecule has 0 aliphatic heterocycles. The van der Waals surface area contributed by atoms with Crippen molar-refractivity contribution in [2.24, 2.45) is 5.73 Å². The Morgan fingerprint density at radius 1 is 1.44 bits per heavy atom. The van der Waals surface area contributed by atoms with Gasteiger partial charge in [0.15, 0.2) is 0 Å². The zero-order valence-electron chi connectivity index (χ0n) is 11.1. The lowest BCUT2D eigenvalue weighted by molar-refractivity contribution is 0.634. The topological polar surface area (TPSA) is 51.8 Å². The Kier molecular flexibility index (Phi) is 5.45. The largest absolute Gasteiger partial charge is 0.327 e.